The van der Waals surface area contributed by atoms with Crippen LogP contribution in [0, 0.1) is 5.82 Å². The van der Waals surface area contributed by atoms with Gasteiger partial charge in [-0.3, -0.25) is 4.79 Å². The first-order chi connectivity index (χ1) is 9.25. The van der Waals surface area contributed by atoms with E-state index in [-0.39, 0.29) is 10.6 Å². The maximum absolute atomic E-state index is 13.4. The molecule has 0 aliphatic carbocycles. The molecular formula is C13H19FN2O3S. The molecule has 1 aromatic carbocycles. The van der Waals surface area contributed by atoms with Crippen molar-refractivity contribution in [2.45, 2.75) is 30.9 Å². The van der Waals surface area contributed by atoms with Crippen LogP contribution in [0.3, 0.4) is 0 Å². The Bertz CT molecular complexity index is 598. The lowest BCUT2D eigenvalue weighted by Gasteiger charge is -2.22. The summed E-state index contributed by atoms with van der Waals surface area (Å²) in [6, 6.07) is 3.23. The van der Waals surface area contributed by atoms with Crippen LogP contribution >= 0.6 is 0 Å². The summed E-state index contributed by atoms with van der Waals surface area (Å²) in [5, 5.41) is -1.26. The van der Waals surface area contributed by atoms with Crippen LogP contribution in [0.2, 0.25) is 0 Å². The molecule has 0 aliphatic heterocycles. The second-order valence-corrected chi connectivity index (χ2v) is 6.65. The Morgan fingerprint density at radius 3 is 2.35 bits per heavy atom. The summed E-state index contributed by atoms with van der Waals surface area (Å²) in [5.74, 6) is -1.30. The zero-order chi connectivity index (χ0) is 15.5. The molecule has 0 bridgehead atoms. The molecule has 5 nitrogen and oxygen atoms in total. The first-order valence-corrected chi connectivity index (χ1v) is 7.88. The summed E-state index contributed by atoms with van der Waals surface area (Å²) < 4.78 is 38.0. The minimum Gasteiger partial charge on any atom is -0.396 e. The molecular weight excluding hydrogens is 283 g/mol. The van der Waals surface area contributed by atoms with E-state index < -0.39 is 26.8 Å². The van der Waals surface area contributed by atoms with E-state index >= 15 is 0 Å². The van der Waals surface area contributed by atoms with E-state index in [1.165, 1.54) is 24.0 Å². The predicted octanol–water partition coefficient (Wildman–Crippen LogP) is 1.44. The molecule has 0 spiro atoms. The molecule has 2 N–H and O–H groups in total. The van der Waals surface area contributed by atoms with Gasteiger partial charge in [-0.1, -0.05) is 0 Å². The van der Waals surface area contributed by atoms with E-state index in [1.807, 2.05) is 0 Å². The van der Waals surface area contributed by atoms with Crippen molar-refractivity contribution < 1.29 is 17.6 Å². The largest absolute Gasteiger partial charge is 0.396 e. The lowest BCUT2D eigenvalue weighted by atomic mass is 10.3. The Kier molecular flexibility index (Phi) is 5.10. The number of nitrogens with two attached hydrogens (primary N) is 1. The van der Waals surface area contributed by atoms with Gasteiger partial charge in [0.2, 0.25) is 5.91 Å². The van der Waals surface area contributed by atoms with Gasteiger partial charge in [0.15, 0.2) is 9.84 Å². The lowest BCUT2D eigenvalue weighted by molar-refractivity contribution is -0.130. The third-order valence-electron chi connectivity index (χ3n) is 3.19. The molecule has 0 radical (unpaired) electrons. The zero-order valence-corrected chi connectivity index (χ0v) is 12.6. The number of hydrogen-bond acceptors (Lipinski definition) is 4. The van der Waals surface area contributed by atoms with E-state index in [1.54, 1.807) is 13.8 Å². The Hall–Kier alpha value is -1.63. The van der Waals surface area contributed by atoms with Gasteiger partial charge in [0.1, 0.15) is 11.1 Å². The highest BCUT2D eigenvalue weighted by Gasteiger charge is 2.32. The average Bonchev–Trinajstić information content (AvgIpc) is 2.41. The molecule has 1 atom stereocenters. The number of nitrogens with zero attached hydrogens (tertiary/aromatic N) is 1. The third-order valence-corrected chi connectivity index (χ3v) is 5.23. The van der Waals surface area contributed by atoms with Gasteiger partial charge in [0.25, 0.3) is 0 Å². The van der Waals surface area contributed by atoms with Gasteiger partial charge < -0.3 is 10.6 Å². The van der Waals surface area contributed by atoms with Gasteiger partial charge in [-0.25, -0.2) is 12.8 Å². The maximum atomic E-state index is 13.4. The normalized spacial score (nSPS) is 13.0. The first kappa shape index (κ1) is 16.4. The highest BCUT2D eigenvalue weighted by molar-refractivity contribution is 7.92. The van der Waals surface area contributed by atoms with E-state index in [2.05, 4.69) is 0 Å². The van der Waals surface area contributed by atoms with Crippen LogP contribution in [-0.2, 0) is 14.6 Å². The molecule has 0 aromatic heterocycles. The SMILES string of the molecule is CCN(CC)C(=O)C(C)S(=O)(=O)c1ccc(N)c(F)c1. The van der Waals surface area contributed by atoms with Crippen LogP contribution in [0.15, 0.2) is 23.1 Å². The van der Waals surface area contributed by atoms with E-state index in [0.717, 1.165) is 6.07 Å². The van der Waals surface area contributed by atoms with Crippen LogP contribution in [0.5, 0.6) is 0 Å². The second-order valence-electron chi connectivity index (χ2n) is 4.38. The average molecular weight is 302 g/mol. The molecule has 0 fully saturated rings. The number of nitrogen functional groups attached to an aromatic ring is 1. The van der Waals surface area contributed by atoms with Crippen LogP contribution < -0.4 is 5.73 Å². The summed E-state index contributed by atoms with van der Waals surface area (Å²) in [6.07, 6.45) is 0. The van der Waals surface area contributed by atoms with Gasteiger partial charge in [0.05, 0.1) is 10.6 Å². The molecule has 1 aromatic rings. The first-order valence-electron chi connectivity index (χ1n) is 6.33. The van der Waals surface area contributed by atoms with Crippen molar-refractivity contribution >= 4 is 21.4 Å². The van der Waals surface area contributed by atoms with Crippen molar-refractivity contribution in [3.63, 3.8) is 0 Å². The van der Waals surface area contributed by atoms with Gasteiger partial charge in [-0.05, 0) is 39.0 Å². The Morgan fingerprint density at radius 2 is 1.90 bits per heavy atom. The number of anilines is 1. The standard InChI is InChI=1S/C13H19FN2O3S/c1-4-16(5-2)13(17)9(3)20(18,19)10-6-7-12(15)11(14)8-10/h6-9H,4-5,15H2,1-3H3. The number of benzene rings is 1. The summed E-state index contributed by atoms with van der Waals surface area (Å²) in [4.78, 5) is 13.3. The molecule has 7 heteroatoms. The molecule has 0 saturated carbocycles. The Balaban J connectivity index is 3.15. The second kappa shape index (κ2) is 6.21. The minimum atomic E-state index is -3.93. The fourth-order valence-electron chi connectivity index (χ4n) is 1.81. The van der Waals surface area contributed by atoms with Crippen LogP contribution in [0.1, 0.15) is 20.8 Å². The van der Waals surface area contributed by atoms with E-state index in [9.17, 15) is 17.6 Å². The van der Waals surface area contributed by atoms with Crippen LogP contribution in [0.25, 0.3) is 0 Å². The van der Waals surface area contributed by atoms with Gasteiger partial charge in [-0.2, -0.15) is 0 Å². The van der Waals surface area contributed by atoms with Crippen molar-refractivity contribution in [1.29, 1.82) is 0 Å². The van der Waals surface area contributed by atoms with Crippen LogP contribution in [-0.4, -0.2) is 37.6 Å². The number of amides is 1. The quantitative estimate of drug-likeness (QED) is 0.835. The topological polar surface area (TPSA) is 80.5 Å². The predicted molar refractivity (Wildman–Crippen MR) is 75.4 cm³/mol. The van der Waals surface area contributed by atoms with Crippen molar-refractivity contribution in [3.8, 4) is 0 Å². The molecule has 1 unspecified atom stereocenters. The van der Waals surface area contributed by atoms with Crippen molar-refractivity contribution in [2.75, 3.05) is 18.8 Å². The zero-order valence-electron chi connectivity index (χ0n) is 11.8. The summed E-state index contributed by atoms with van der Waals surface area (Å²) in [5.41, 5.74) is 5.18. The number of hydrogen-bond donors (Lipinski definition) is 1. The molecule has 1 amide bonds. The number of halogens is 1. The molecule has 1 rings (SSSR count). The van der Waals surface area contributed by atoms with E-state index in [0.29, 0.717) is 13.1 Å². The Morgan fingerprint density at radius 1 is 1.35 bits per heavy atom. The van der Waals surface area contributed by atoms with Gasteiger partial charge >= 0.3 is 0 Å². The molecule has 112 valence electrons. The maximum Gasteiger partial charge on any atom is 0.240 e. The molecule has 0 heterocycles. The summed E-state index contributed by atoms with van der Waals surface area (Å²) in [6.45, 7) is 5.69. The smallest absolute Gasteiger partial charge is 0.240 e. The number of carbonyl (C=O) groups is 1. The van der Waals surface area contributed by atoms with Crippen LogP contribution in [0.4, 0.5) is 10.1 Å². The number of rotatable bonds is 5. The van der Waals surface area contributed by atoms with Crippen molar-refractivity contribution in [2.24, 2.45) is 0 Å². The monoisotopic (exact) mass is 302 g/mol. The number of sulfone groups is 1. The Labute approximate surface area is 118 Å². The highest BCUT2D eigenvalue weighted by Crippen LogP contribution is 2.21. The molecule has 0 saturated heterocycles. The summed E-state index contributed by atoms with van der Waals surface area (Å²) in [7, 11) is -3.93. The minimum absolute atomic E-state index is 0.133. The van der Waals surface area contributed by atoms with Crippen molar-refractivity contribution in [3.05, 3.63) is 24.0 Å². The van der Waals surface area contributed by atoms with Crippen molar-refractivity contribution in [1.82, 2.24) is 4.90 Å². The van der Waals surface area contributed by atoms with Gasteiger partial charge in [0, 0.05) is 13.1 Å². The third kappa shape index (κ3) is 3.09. The summed E-state index contributed by atoms with van der Waals surface area (Å²) >= 11 is 0. The molecule has 20 heavy (non-hydrogen) atoms. The number of carbonyl (C=O) groups excluding carboxylic acids is 1. The highest BCUT2D eigenvalue weighted by atomic mass is 32.2. The fraction of sp³-hybridized carbons (Fsp3) is 0.462. The van der Waals surface area contributed by atoms with Gasteiger partial charge in [-0.15, -0.1) is 0 Å². The fourth-order valence-corrected chi connectivity index (χ4v) is 3.16. The van der Waals surface area contributed by atoms with E-state index in [4.69, 9.17) is 5.73 Å². The lowest BCUT2D eigenvalue weighted by Crippen LogP contribution is -2.41. The molecule has 0 aliphatic rings.